The first-order chi connectivity index (χ1) is 7.78. The van der Waals surface area contributed by atoms with E-state index in [0.29, 0.717) is 11.2 Å². The highest BCUT2D eigenvalue weighted by Gasteiger charge is 2.15. The summed E-state index contributed by atoms with van der Waals surface area (Å²) in [6, 6.07) is 2.03. The van der Waals surface area contributed by atoms with Gasteiger partial charge in [0.25, 0.3) is 0 Å². The van der Waals surface area contributed by atoms with Gasteiger partial charge in [0.05, 0.1) is 0 Å². The van der Waals surface area contributed by atoms with Crippen LogP contribution in [0.5, 0.6) is 0 Å². The largest absolute Gasteiger partial charge is 0.292 e. The second-order valence-corrected chi connectivity index (χ2v) is 5.51. The molecule has 3 N–H and O–H groups in total. The Bertz CT molecular complexity index is 350. The predicted octanol–water partition coefficient (Wildman–Crippen LogP) is 2.50. The molecule has 1 aliphatic carbocycles. The van der Waals surface area contributed by atoms with Crippen molar-refractivity contribution in [1.82, 2.24) is 9.97 Å². The Morgan fingerprint density at radius 1 is 1.31 bits per heavy atom. The molecule has 2 rings (SSSR count). The normalized spacial score (nSPS) is 17.4. The van der Waals surface area contributed by atoms with E-state index >= 15 is 0 Å². The second-order valence-electron chi connectivity index (χ2n) is 4.19. The van der Waals surface area contributed by atoms with E-state index < -0.39 is 0 Å². The van der Waals surface area contributed by atoms with Crippen LogP contribution in [0.4, 0.5) is 5.95 Å². The molecule has 0 amide bonds. The molecule has 1 aliphatic rings. The molecule has 1 heterocycles. The Balaban J connectivity index is 2.04. The Kier molecular flexibility index (Phi) is 4.01. The zero-order chi connectivity index (χ0) is 11.4. The second kappa shape index (κ2) is 5.50. The third-order valence-electron chi connectivity index (χ3n) is 2.80. The molecule has 16 heavy (non-hydrogen) atoms. The monoisotopic (exact) mass is 238 g/mol. The molecule has 0 atom stereocenters. The van der Waals surface area contributed by atoms with E-state index in [4.69, 9.17) is 5.84 Å². The lowest BCUT2D eigenvalue weighted by molar-refractivity contribution is 0.515. The summed E-state index contributed by atoms with van der Waals surface area (Å²) in [4.78, 5) is 8.55. The first kappa shape index (κ1) is 11.7. The fraction of sp³-hybridized carbons (Fsp3) is 0.636. The van der Waals surface area contributed by atoms with Crippen LogP contribution in [0.2, 0.25) is 0 Å². The van der Waals surface area contributed by atoms with Crippen molar-refractivity contribution in [3.8, 4) is 0 Å². The van der Waals surface area contributed by atoms with E-state index in [9.17, 15) is 0 Å². The summed E-state index contributed by atoms with van der Waals surface area (Å²) >= 11 is 1.86. The average molecular weight is 238 g/mol. The lowest BCUT2D eigenvalue weighted by Crippen LogP contribution is -2.12. The van der Waals surface area contributed by atoms with Gasteiger partial charge in [-0.2, -0.15) is 0 Å². The summed E-state index contributed by atoms with van der Waals surface area (Å²) in [6.45, 7) is 1.97. The minimum atomic E-state index is 0.512. The van der Waals surface area contributed by atoms with Gasteiger partial charge in [0, 0.05) is 10.9 Å². The van der Waals surface area contributed by atoms with Gasteiger partial charge in [-0.1, -0.05) is 19.3 Å². The fourth-order valence-corrected chi connectivity index (χ4v) is 3.31. The fourth-order valence-electron chi connectivity index (χ4n) is 2.02. The van der Waals surface area contributed by atoms with E-state index in [0.717, 1.165) is 10.7 Å². The van der Waals surface area contributed by atoms with Crippen molar-refractivity contribution >= 4 is 17.7 Å². The number of aromatic nitrogens is 2. The number of nitrogens with two attached hydrogens (primary N) is 1. The summed E-state index contributed by atoms with van der Waals surface area (Å²) in [7, 11) is 0. The van der Waals surface area contributed by atoms with E-state index in [2.05, 4.69) is 15.4 Å². The molecule has 1 saturated carbocycles. The van der Waals surface area contributed by atoms with Crippen LogP contribution in [0.15, 0.2) is 11.1 Å². The van der Waals surface area contributed by atoms with E-state index in [-0.39, 0.29) is 0 Å². The Morgan fingerprint density at radius 3 is 2.75 bits per heavy atom. The van der Waals surface area contributed by atoms with Gasteiger partial charge in [0.1, 0.15) is 5.03 Å². The maximum atomic E-state index is 5.34. The molecule has 0 saturated heterocycles. The summed E-state index contributed by atoms with van der Waals surface area (Å²) in [5, 5.41) is 1.75. The van der Waals surface area contributed by atoms with E-state index in [1.54, 1.807) is 0 Å². The number of nitrogens with one attached hydrogen (secondary N) is 1. The molecule has 1 aromatic heterocycles. The Labute approximate surface area is 100 Å². The zero-order valence-electron chi connectivity index (χ0n) is 9.57. The van der Waals surface area contributed by atoms with Gasteiger partial charge in [-0.05, 0) is 25.8 Å². The van der Waals surface area contributed by atoms with Gasteiger partial charge >= 0.3 is 0 Å². The van der Waals surface area contributed by atoms with Crippen LogP contribution in [0.1, 0.15) is 37.8 Å². The zero-order valence-corrected chi connectivity index (χ0v) is 10.4. The van der Waals surface area contributed by atoms with Crippen molar-refractivity contribution in [2.45, 2.75) is 49.3 Å². The minimum Gasteiger partial charge on any atom is -0.292 e. The lowest BCUT2D eigenvalue weighted by atomic mass is 10.0. The van der Waals surface area contributed by atoms with Gasteiger partial charge in [-0.15, -0.1) is 11.8 Å². The molecule has 1 aromatic rings. The highest BCUT2D eigenvalue weighted by Crippen LogP contribution is 2.32. The van der Waals surface area contributed by atoms with Crippen molar-refractivity contribution in [3.63, 3.8) is 0 Å². The Hall–Kier alpha value is -0.810. The number of nitrogens with zero attached hydrogens (tertiary/aromatic N) is 2. The lowest BCUT2D eigenvalue weighted by Gasteiger charge is -2.20. The highest BCUT2D eigenvalue weighted by atomic mass is 32.2. The van der Waals surface area contributed by atoms with Crippen molar-refractivity contribution in [2.24, 2.45) is 5.84 Å². The summed E-state index contributed by atoms with van der Waals surface area (Å²) in [6.07, 6.45) is 6.70. The van der Waals surface area contributed by atoms with Gasteiger partial charge in [0.15, 0.2) is 0 Å². The number of hydrogen-bond acceptors (Lipinski definition) is 5. The maximum absolute atomic E-state index is 5.34. The van der Waals surface area contributed by atoms with Crippen molar-refractivity contribution in [2.75, 3.05) is 5.43 Å². The van der Waals surface area contributed by atoms with Gasteiger partial charge in [-0.25, -0.2) is 15.8 Å². The van der Waals surface area contributed by atoms with Crippen LogP contribution in [-0.4, -0.2) is 15.2 Å². The molecule has 4 nitrogen and oxygen atoms in total. The Morgan fingerprint density at radius 2 is 2.06 bits per heavy atom. The van der Waals surface area contributed by atoms with Crippen molar-refractivity contribution in [3.05, 3.63) is 11.8 Å². The van der Waals surface area contributed by atoms with Crippen molar-refractivity contribution < 1.29 is 0 Å². The standard InChI is InChI=1S/C11H18N4S/c1-8-7-10(14-11(13-8)15-12)16-9-5-3-2-4-6-9/h7,9H,2-6,12H2,1H3,(H,13,14,15). The van der Waals surface area contributed by atoms with Crippen LogP contribution >= 0.6 is 11.8 Å². The van der Waals surface area contributed by atoms with Gasteiger partial charge in [-0.3, -0.25) is 5.43 Å². The number of anilines is 1. The SMILES string of the molecule is Cc1cc(SC2CCCCC2)nc(NN)n1. The third-order valence-corrected chi connectivity index (χ3v) is 4.05. The van der Waals surface area contributed by atoms with Crippen LogP contribution in [0.3, 0.4) is 0 Å². The highest BCUT2D eigenvalue weighted by molar-refractivity contribution is 7.99. The van der Waals surface area contributed by atoms with Crippen LogP contribution in [0.25, 0.3) is 0 Å². The molecule has 0 unspecified atom stereocenters. The molecule has 0 radical (unpaired) electrons. The number of rotatable bonds is 3. The third kappa shape index (κ3) is 3.09. The summed E-state index contributed by atoms with van der Waals surface area (Å²) < 4.78 is 0. The summed E-state index contributed by atoms with van der Waals surface area (Å²) in [5.74, 6) is 5.85. The van der Waals surface area contributed by atoms with Gasteiger partial charge in [0.2, 0.25) is 5.95 Å². The number of hydrazine groups is 1. The summed E-state index contributed by atoms with van der Waals surface area (Å²) in [5.41, 5.74) is 3.47. The molecular weight excluding hydrogens is 220 g/mol. The molecule has 0 aliphatic heterocycles. The molecule has 88 valence electrons. The van der Waals surface area contributed by atoms with Gasteiger partial charge < -0.3 is 0 Å². The smallest absolute Gasteiger partial charge is 0.238 e. The predicted molar refractivity (Wildman–Crippen MR) is 67.3 cm³/mol. The number of aryl methyl sites for hydroxylation is 1. The molecule has 1 fully saturated rings. The first-order valence-electron chi connectivity index (χ1n) is 5.77. The molecular formula is C11H18N4S. The molecule has 5 heteroatoms. The van der Waals surface area contributed by atoms with Crippen LogP contribution in [0, 0.1) is 6.92 Å². The molecule has 0 aromatic carbocycles. The number of thioether (sulfide) groups is 1. The number of nitrogen functional groups attached to an aromatic ring is 1. The minimum absolute atomic E-state index is 0.512. The van der Waals surface area contributed by atoms with Crippen molar-refractivity contribution in [1.29, 1.82) is 0 Å². The van der Waals surface area contributed by atoms with E-state index in [1.165, 1.54) is 32.1 Å². The van der Waals surface area contributed by atoms with E-state index in [1.807, 2.05) is 24.8 Å². The average Bonchev–Trinajstić information content (AvgIpc) is 2.29. The quantitative estimate of drug-likeness (QED) is 0.481. The molecule has 0 bridgehead atoms. The number of hydrogen-bond donors (Lipinski definition) is 2. The molecule has 0 spiro atoms. The van der Waals surface area contributed by atoms with Crippen LogP contribution in [-0.2, 0) is 0 Å². The van der Waals surface area contributed by atoms with Crippen LogP contribution < -0.4 is 11.3 Å². The first-order valence-corrected chi connectivity index (χ1v) is 6.65. The maximum Gasteiger partial charge on any atom is 0.238 e. The topological polar surface area (TPSA) is 63.8 Å².